The van der Waals surface area contributed by atoms with Crippen molar-refractivity contribution in [3.05, 3.63) is 0 Å². The molecule has 0 aromatic rings. The molecule has 0 aromatic carbocycles. The molecule has 1 saturated heterocycles. The van der Waals surface area contributed by atoms with Gasteiger partial charge in [0, 0.05) is 19.7 Å². The second kappa shape index (κ2) is 5.17. The smallest absolute Gasteiger partial charge is 0.192 e. The fourth-order valence-electron chi connectivity index (χ4n) is 1.79. The molecule has 0 saturated carbocycles. The van der Waals surface area contributed by atoms with E-state index in [1.807, 2.05) is 0 Å². The van der Waals surface area contributed by atoms with Crippen LogP contribution in [0.5, 0.6) is 0 Å². The SMILES string of the molecule is COC[C@H]1C[C@@H](O[Si](C)(C)C(C)(C)C)CN1. The van der Waals surface area contributed by atoms with Crippen molar-refractivity contribution in [2.24, 2.45) is 0 Å². The Morgan fingerprint density at radius 3 is 2.44 bits per heavy atom. The first kappa shape index (κ1) is 14.2. The van der Waals surface area contributed by atoms with Gasteiger partial charge in [0.15, 0.2) is 8.32 Å². The average Bonchev–Trinajstić information content (AvgIpc) is 2.50. The number of ether oxygens (including phenoxy) is 1. The van der Waals surface area contributed by atoms with Gasteiger partial charge in [-0.3, -0.25) is 0 Å². The average molecular weight is 245 g/mol. The summed E-state index contributed by atoms with van der Waals surface area (Å²) in [6.45, 7) is 13.3. The van der Waals surface area contributed by atoms with Gasteiger partial charge in [-0.25, -0.2) is 0 Å². The minimum Gasteiger partial charge on any atom is -0.413 e. The topological polar surface area (TPSA) is 30.5 Å². The van der Waals surface area contributed by atoms with Gasteiger partial charge in [-0.1, -0.05) is 20.8 Å². The van der Waals surface area contributed by atoms with Crippen molar-refractivity contribution in [2.45, 2.75) is 57.5 Å². The van der Waals surface area contributed by atoms with Gasteiger partial charge in [-0.15, -0.1) is 0 Å². The van der Waals surface area contributed by atoms with E-state index in [1.54, 1.807) is 7.11 Å². The molecule has 1 N–H and O–H groups in total. The van der Waals surface area contributed by atoms with Crippen molar-refractivity contribution in [3.63, 3.8) is 0 Å². The van der Waals surface area contributed by atoms with Crippen LogP contribution >= 0.6 is 0 Å². The Kier molecular flexibility index (Phi) is 4.57. The third-order valence-corrected chi connectivity index (χ3v) is 8.35. The molecular formula is C12H27NO2Si. The molecule has 0 aromatic heterocycles. The summed E-state index contributed by atoms with van der Waals surface area (Å²) in [4.78, 5) is 0. The van der Waals surface area contributed by atoms with E-state index in [4.69, 9.17) is 9.16 Å². The zero-order chi connectivity index (χ0) is 12.4. The first-order valence-corrected chi connectivity index (χ1v) is 9.07. The molecular weight excluding hydrogens is 218 g/mol. The number of methoxy groups -OCH3 is 1. The normalized spacial score (nSPS) is 27.4. The van der Waals surface area contributed by atoms with Crippen LogP contribution in [0.4, 0.5) is 0 Å². The maximum atomic E-state index is 6.36. The lowest BCUT2D eigenvalue weighted by Gasteiger charge is -2.38. The number of hydrogen-bond acceptors (Lipinski definition) is 3. The molecule has 1 fully saturated rings. The van der Waals surface area contributed by atoms with E-state index < -0.39 is 8.32 Å². The highest BCUT2D eigenvalue weighted by Gasteiger charge is 2.40. The summed E-state index contributed by atoms with van der Waals surface area (Å²) < 4.78 is 11.5. The molecule has 0 amide bonds. The van der Waals surface area contributed by atoms with Crippen molar-refractivity contribution in [1.82, 2.24) is 5.32 Å². The van der Waals surface area contributed by atoms with E-state index in [9.17, 15) is 0 Å². The summed E-state index contributed by atoms with van der Waals surface area (Å²) in [5.41, 5.74) is 0. The van der Waals surface area contributed by atoms with Gasteiger partial charge in [-0.2, -0.15) is 0 Å². The van der Waals surface area contributed by atoms with Gasteiger partial charge in [0.1, 0.15) is 0 Å². The highest BCUT2D eigenvalue weighted by atomic mass is 28.4. The third-order valence-electron chi connectivity index (χ3n) is 3.82. The van der Waals surface area contributed by atoms with Gasteiger partial charge < -0.3 is 14.5 Å². The Morgan fingerprint density at radius 2 is 1.94 bits per heavy atom. The highest BCUT2D eigenvalue weighted by Crippen LogP contribution is 2.38. The monoisotopic (exact) mass is 245 g/mol. The molecule has 1 rings (SSSR count). The van der Waals surface area contributed by atoms with Crippen LogP contribution in [0.1, 0.15) is 27.2 Å². The first-order valence-electron chi connectivity index (χ1n) is 6.16. The Labute approximate surface area is 101 Å². The molecule has 0 bridgehead atoms. The summed E-state index contributed by atoms with van der Waals surface area (Å²) in [5.74, 6) is 0. The van der Waals surface area contributed by atoms with Gasteiger partial charge in [0.25, 0.3) is 0 Å². The quantitative estimate of drug-likeness (QED) is 0.772. The molecule has 0 spiro atoms. The molecule has 0 aliphatic carbocycles. The van der Waals surface area contributed by atoms with E-state index in [2.05, 4.69) is 39.2 Å². The zero-order valence-electron chi connectivity index (χ0n) is 11.6. The van der Waals surface area contributed by atoms with Crippen molar-refractivity contribution in [2.75, 3.05) is 20.3 Å². The van der Waals surface area contributed by atoms with Gasteiger partial charge in [0.2, 0.25) is 0 Å². The molecule has 3 nitrogen and oxygen atoms in total. The highest BCUT2D eigenvalue weighted by molar-refractivity contribution is 6.74. The van der Waals surface area contributed by atoms with Crippen LogP contribution in [0.3, 0.4) is 0 Å². The largest absolute Gasteiger partial charge is 0.413 e. The minimum atomic E-state index is -1.60. The Bertz CT molecular complexity index is 226. The lowest BCUT2D eigenvalue weighted by Crippen LogP contribution is -2.44. The van der Waals surface area contributed by atoms with Crippen LogP contribution in [-0.4, -0.2) is 40.7 Å². The Morgan fingerprint density at radius 1 is 1.31 bits per heavy atom. The summed E-state index contributed by atoms with van der Waals surface area (Å²) in [5, 5.41) is 3.75. The van der Waals surface area contributed by atoms with Crippen molar-refractivity contribution in [1.29, 1.82) is 0 Å². The van der Waals surface area contributed by atoms with Crippen LogP contribution in [-0.2, 0) is 9.16 Å². The second-order valence-corrected chi connectivity index (χ2v) is 11.1. The maximum absolute atomic E-state index is 6.36. The van der Waals surface area contributed by atoms with Crippen LogP contribution in [0.25, 0.3) is 0 Å². The summed E-state index contributed by atoms with van der Waals surface area (Å²) in [6, 6.07) is 0.472. The van der Waals surface area contributed by atoms with Crippen molar-refractivity contribution >= 4 is 8.32 Å². The lowest BCUT2D eigenvalue weighted by atomic mass is 10.2. The molecule has 1 aliphatic heterocycles. The van der Waals surface area contributed by atoms with E-state index in [0.29, 0.717) is 17.2 Å². The number of nitrogens with one attached hydrogen (secondary N) is 1. The van der Waals surface area contributed by atoms with Crippen molar-refractivity contribution in [3.8, 4) is 0 Å². The fourth-order valence-corrected chi connectivity index (χ4v) is 3.16. The van der Waals surface area contributed by atoms with Gasteiger partial charge in [-0.05, 0) is 24.6 Å². The molecule has 16 heavy (non-hydrogen) atoms. The predicted molar refractivity (Wildman–Crippen MR) is 70.4 cm³/mol. The van der Waals surface area contributed by atoms with Crippen LogP contribution in [0.2, 0.25) is 18.1 Å². The Hall–Kier alpha value is 0.0969. The van der Waals surface area contributed by atoms with E-state index in [0.717, 1.165) is 19.6 Å². The summed E-state index contributed by atoms with van der Waals surface area (Å²) in [6.07, 6.45) is 1.46. The molecule has 2 atom stereocenters. The molecule has 0 unspecified atom stereocenters. The van der Waals surface area contributed by atoms with E-state index in [1.165, 1.54) is 0 Å². The first-order chi connectivity index (χ1) is 7.26. The molecule has 4 heteroatoms. The molecule has 1 aliphatic rings. The number of rotatable bonds is 4. The molecule has 0 radical (unpaired) electrons. The number of hydrogen-bond donors (Lipinski definition) is 1. The van der Waals surface area contributed by atoms with Crippen molar-refractivity contribution < 1.29 is 9.16 Å². The third kappa shape index (κ3) is 3.55. The summed E-state index contributed by atoms with van der Waals surface area (Å²) in [7, 11) is 0.150. The lowest BCUT2D eigenvalue weighted by molar-refractivity contribution is 0.159. The van der Waals surface area contributed by atoms with Crippen LogP contribution < -0.4 is 5.32 Å². The van der Waals surface area contributed by atoms with Gasteiger partial charge in [0.05, 0.1) is 12.7 Å². The summed E-state index contributed by atoms with van der Waals surface area (Å²) >= 11 is 0. The molecule has 96 valence electrons. The molecule has 1 heterocycles. The van der Waals surface area contributed by atoms with E-state index >= 15 is 0 Å². The van der Waals surface area contributed by atoms with Crippen LogP contribution in [0.15, 0.2) is 0 Å². The minimum absolute atomic E-state index is 0.298. The zero-order valence-corrected chi connectivity index (χ0v) is 12.6. The maximum Gasteiger partial charge on any atom is 0.192 e. The predicted octanol–water partition coefficient (Wildman–Crippen LogP) is 2.39. The standard InChI is InChI=1S/C12H27NO2Si/c1-12(2,3)16(5,6)15-11-7-10(9-14-4)13-8-11/h10-11,13H,7-9H2,1-6H3/t10-,11-/m1/s1. The van der Waals surface area contributed by atoms with E-state index in [-0.39, 0.29) is 0 Å². The Balaban J connectivity index is 2.45. The van der Waals surface area contributed by atoms with Crippen LogP contribution in [0, 0.1) is 0 Å². The van der Waals surface area contributed by atoms with Gasteiger partial charge >= 0.3 is 0 Å². The second-order valence-electron chi connectivity index (χ2n) is 6.30. The fraction of sp³-hybridized carbons (Fsp3) is 1.00.